The van der Waals surface area contributed by atoms with Crippen molar-refractivity contribution >= 4 is 23.0 Å². The van der Waals surface area contributed by atoms with Gasteiger partial charge in [0.15, 0.2) is 11.2 Å². The Hall–Kier alpha value is -3.69. The topological polar surface area (TPSA) is 142 Å². The van der Waals surface area contributed by atoms with Crippen molar-refractivity contribution in [3.8, 4) is 5.75 Å². The number of rotatable bonds is 12. The van der Waals surface area contributed by atoms with Crippen molar-refractivity contribution in [1.82, 2.24) is 19.1 Å². The van der Waals surface area contributed by atoms with E-state index in [0.29, 0.717) is 30.1 Å². The lowest BCUT2D eigenvalue weighted by atomic mass is 10.2. The molecule has 10 nitrogen and oxygen atoms in total. The van der Waals surface area contributed by atoms with Crippen LogP contribution in [0.3, 0.4) is 0 Å². The third-order valence-corrected chi connectivity index (χ3v) is 5.59. The lowest BCUT2D eigenvalue weighted by Gasteiger charge is -2.09. The summed E-state index contributed by atoms with van der Waals surface area (Å²) >= 11 is 0. The highest BCUT2D eigenvalue weighted by Gasteiger charge is 2.19. The van der Waals surface area contributed by atoms with Gasteiger partial charge < -0.3 is 15.0 Å². The zero-order valence-corrected chi connectivity index (χ0v) is 19.6. The molecule has 0 radical (unpaired) electrons. The summed E-state index contributed by atoms with van der Waals surface area (Å²) in [6, 6.07) is 6.09. The summed E-state index contributed by atoms with van der Waals surface area (Å²) in [5, 5.41) is 0. The first-order valence-electron chi connectivity index (χ1n) is 11.7. The number of amides is 1. The summed E-state index contributed by atoms with van der Waals surface area (Å²) < 4.78 is 8.66. The van der Waals surface area contributed by atoms with Crippen LogP contribution in [0.1, 0.15) is 68.6 Å². The van der Waals surface area contributed by atoms with E-state index >= 15 is 0 Å². The van der Waals surface area contributed by atoms with E-state index in [1.54, 1.807) is 12.1 Å². The minimum atomic E-state index is -0.613. The number of esters is 1. The molecular weight excluding hydrogens is 438 g/mol. The molecule has 3 aromatic rings. The third kappa shape index (κ3) is 5.81. The number of primary amides is 1. The fourth-order valence-corrected chi connectivity index (χ4v) is 3.80. The third-order valence-electron chi connectivity index (χ3n) is 5.59. The van der Waals surface area contributed by atoms with E-state index in [2.05, 4.69) is 16.9 Å². The number of hydrogen-bond acceptors (Lipinski definition) is 6. The summed E-state index contributed by atoms with van der Waals surface area (Å²) in [7, 11) is 0. The van der Waals surface area contributed by atoms with Crippen LogP contribution in [0.15, 0.2) is 33.9 Å². The first kappa shape index (κ1) is 24.9. The van der Waals surface area contributed by atoms with Gasteiger partial charge in [-0.1, -0.05) is 39.2 Å². The summed E-state index contributed by atoms with van der Waals surface area (Å²) in [5.41, 5.74) is 5.25. The van der Waals surface area contributed by atoms with Crippen molar-refractivity contribution in [3.05, 3.63) is 56.5 Å². The van der Waals surface area contributed by atoms with Crippen molar-refractivity contribution in [2.75, 3.05) is 0 Å². The van der Waals surface area contributed by atoms with Gasteiger partial charge >= 0.3 is 11.7 Å². The number of H-pyrrole nitrogens is 1. The number of nitrogens with one attached hydrogen (secondary N) is 1. The molecule has 1 amide bonds. The van der Waals surface area contributed by atoms with Crippen LogP contribution in [-0.2, 0) is 24.3 Å². The monoisotopic (exact) mass is 469 g/mol. The number of nitrogens with two attached hydrogens (primary N) is 1. The molecule has 0 atom stereocenters. The molecule has 182 valence electrons. The molecule has 34 heavy (non-hydrogen) atoms. The van der Waals surface area contributed by atoms with Gasteiger partial charge in [-0.2, -0.15) is 0 Å². The van der Waals surface area contributed by atoms with Gasteiger partial charge in [-0.15, -0.1) is 0 Å². The van der Waals surface area contributed by atoms with Crippen LogP contribution in [0.2, 0.25) is 0 Å². The minimum Gasteiger partial charge on any atom is -0.426 e. The van der Waals surface area contributed by atoms with Crippen LogP contribution in [0.5, 0.6) is 5.75 Å². The number of aryl methyl sites for hydroxylation is 3. The van der Waals surface area contributed by atoms with Gasteiger partial charge in [-0.3, -0.25) is 23.9 Å². The largest absolute Gasteiger partial charge is 0.426 e. The van der Waals surface area contributed by atoms with Crippen molar-refractivity contribution in [2.24, 2.45) is 5.73 Å². The van der Waals surface area contributed by atoms with Crippen LogP contribution < -0.4 is 21.7 Å². The van der Waals surface area contributed by atoms with Gasteiger partial charge in [0.2, 0.25) is 5.91 Å². The van der Waals surface area contributed by atoms with E-state index in [1.165, 1.54) is 16.7 Å². The van der Waals surface area contributed by atoms with E-state index in [4.69, 9.17) is 10.5 Å². The van der Waals surface area contributed by atoms with Crippen LogP contribution in [0, 0.1) is 0 Å². The van der Waals surface area contributed by atoms with Crippen LogP contribution in [-0.4, -0.2) is 31.0 Å². The zero-order valence-electron chi connectivity index (χ0n) is 19.6. The van der Waals surface area contributed by atoms with Crippen LogP contribution >= 0.6 is 0 Å². The van der Waals surface area contributed by atoms with Gasteiger partial charge in [0, 0.05) is 25.1 Å². The van der Waals surface area contributed by atoms with Crippen molar-refractivity contribution < 1.29 is 14.3 Å². The number of carbonyl (C=O) groups is 2. The summed E-state index contributed by atoms with van der Waals surface area (Å²) in [5.74, 6) is -0.345. The second kappa shape index (κ2) is 11.4. The number of unbranched alkanes of at least 4 members (excludes halogenated alkanes) is 3. The fourth-order valence-electron chi connectivity index (χ4n) is 3.80. The lowest BCUT2D eigenvalue weighted by Crippen LogP contribution is -2.31. The maximum absolute atomic E-state index is 12.7. The number of ether oxygens (including phenoxy) is 1. The Morgan fingerprint density at radius 1 is 1.06 bits per heavy atom. The molecule has 0 aliphatic heterocycles. The van der Waals surface area contributed by atoms with Gasteiger partial charge in [0.05, 0.1) is 6.42 Å². The zero-order chi connectivity index (χ0) is 24.7. The average Bonchev–Trinajstić information content (AvgIpc) is 3.16. The number of aromatic amines is 1. The van der Waals surface area contributed by atoms with E-state index in [9.17, 15) is 19.2 Å². The quantitative estimate of drug-likeness (QED) is 0.237. The number of benzene rings is 1. The molecular formula is C24H31N5O5. The predicted molar refractivity (Wildman–Crippen MR) is 128 cm³/mol. The SMILES string of the molecule is CCCCCn1c(CCC(=O)Oc2cccc(C(N)=O)c2)nc2c1c(=O)[nH]c(=O)n2CCCC. The van der Waals surface area contributed by atoms with E-state index in [-0.39, 0.29) is 24.2 Å². The molecule has 10 heteroatoms. The molecule has 0 aliphatic carbocycles. The average molecular weight is 470 g/mol. The molecule has 0 saturated heterocycles. The first-order valence-corrected chi connectivity index (χ1v) is 11.7. The summed E-state index contributed by atoms with van der Waals surface area (Å²) in [6.07, 6.45) is 4.73. The lowest BCUT2D eigenvalue weighted by molar-refractivity contribution is -0.134. The van der Waals surface area contributed by atoms with Crippen LogP contribution in [0.4, 0.5) is 0 Å². The highest BCUT2D eigenvalue weighted by Crippen LogP contribution is 2.17. The van der Waals surface area contributed by atoms with Gasteiger partial charge in [-0.05, 0) is 31.0 Å². The Balaban J connectivity index is 1.88. The van der Waals surface area contributed by atoms with E-state index in [0.717, 1.165) is 32.1 Å². The Morgan fingerprint density at radius 2 is 1.79 bits per heavy atom. The number of carbonyl (C=O) groups excluding carboxylic acids is 2. The number of aromatic nitrogens is 4. The smallest absolute Gasteiger partial charge is 0.330 e. The van der Waals surface area contributed by atoms with Crippen molar-refractivity contribution in [1.29, 1.82) is 0 Å². The second-order valence-corrected chi connectivity index (χ2v) is 8.19. The molecule has 1 aromatic carbocycles. The Labute approximate surface area is 196 Å². The Morgan fingerprint density at radius 3 is 2.50 bits per heavy atom. The molecule has 0 bridgehead atoms. The van der Waals surface area contributed by atoms with Gasteiger partial charge in [0.1, 0.15) is 11.6 Å². The normalized spacial score (nSPS) is 11.1. The van der Waals surface area contributed by atoms with E-state index in [1.807, 2.05) is 11.5 Å². The van der Waals surface area contributed by atoms with Gasteiger partial charge in [0.25, 0.3) is 5.56 Å². The predicted octanol–water partition coefficient (Wildman–Crippen LogP) is 2.51. The molecule has 0 unspecified atom stereocenters. The van der Waals surface area contributed by atoms with Crippen LogP contribution in [0.25, 0.3) is 11.2 Å². The molecule has 3 N–H and O–H groups in total. The molecule has 2 aromatic heterocycles. The maximum atomic E-state index is 12.7. The molecule has 0 saturated carbocycles. The minimum absolute atomic E-state index is 0.00892. The standard InChI is InChI=1S/C24H31N5O5/c1-3-5-7-14-28-18(11-12-19(30)34-17-10-8-9-16(15-17)21(25)31)26-22-20(28)23(32)27-24(33)29(22)13-6-4-2/h8-10,15H,3-7,11-14H2,1-2H3,(H2,25,31)(H,27,32,33). The molecule has 0 fully saturated rings. The van der Waals surface area contributed by atoms with Crippen molar-refractivity contribution in [3.63, 3.8) is 0 Å². The summed E-state index contributed by atoms with van der Waals surface area (Å²) in [6.45, 7) is 5.12. The number of imidazole rings is 1. The van der Waals surface area contributed by atoms with E-state index < -0.39 is 23.1 Å². The Bertz CT molecular complexity index is 1290. The molecule has 3 rings (SSSR count). The number of fused-ring (bicyclic) bond motifs is 1. The van der Waals surface area contributed by atoms with Gasteiger partial charge in [-0.25, -0.2) is 9.78 Å². The Kier molecular flexibility index (Phi) is 8.39. The second-order valence-electron chi connectivity index (χ2n) is 8.19. The maximum Gasteiger partial charge on any atom is 0.330 e. The summed E-state index contributed by atoms with van der Waals surface area (Å²) in [4.78, 5) is 56.0. The highest BCUT2D eigenvalue weighted by molar-refractivity contribution is 5.93. The molecule has 0 spiro atoms. The fraction of sp³-hybridized carbons (Fsp3) is 0.458. The first-order chi connectivity index (χ1) is 16.3. The molecule has 2 heterocycles. The molecule has 0 aliphatic rings. The number of nitrogens with zero attached hydrogens (tertiary/aromatic N) is 3. The number of hydrogen-bond donors (Lipinski definition) is 2. The highest BCUT2D eigenvalue weighted by atomic mass is 16.5. The van der Waals surface area contributed by atoms with Crippen molar-refractivity contribution in [2.45, 2.75) is 71.9 Å².